The Balaban J connectivity index is 1.38. The van der Waals surface area contributed by atoms with Crippen LogP contribution in [-0.4, -0.2) is 23.4 Å². The second-order valence-electron chi connectivity index (χ2n) is 8.05. The Hall–Kier alpha value is -3.69. The predicted molar refractivity (Wildman–Crippen MR) is 130 cm³/mol. The Bertz CT molecular complexity index is 1220. The summed E-state index contributed by atoms with van der Waals surface area (Å²) >= 11 is 1.55. The van der Waals surface area contributed by atoms with E-state index in [1.807, 2.05) is 84.9 Å². The number of allylic oxidation sites excluding steroid dienone is 1. The molecule has 0 aromatic heterocycles. The van der Waals surface area contributed by atoms with Crippen LogP contribution in [0.5, 0.6) is 5.75 Å². The lowest BCUT2D eigenvalue weighted by Crippen LogP contribution is -2.47. The molecule has 6 heteroatoms. The van der Waals surface area contributed by atoms with E-state index in [0.717, 1.165) is 27.6 Å². The van der Waals surface area contributed by atoms with E-state index in [2.05, 4.69) is 11.0 Å². The topological polar surface area (TPSA) is 56.6 Å². The quantitative estimate of drug-likeness (QED) is 0.512. The Morgan fingerprint density at radius 2 is 1.76 bits per heavy atom. The van der Waals surface area contributed by atoms with Gasteiger partial charge < -0.3 is 9.64 Å². The minimum absolute atomic E-state index is 0.0396. The van der Waals surface area contributed by atoms with Gasteiger partial charge in [-0.1, -0.05) is 72.4 Å². The van der Waals surface area contributed by atoms with E-state index in [9.17, 15) is 10.1 Å². The Labute approximate surface area is 197 Å². The standard InChI is InChI=1S/C27H23N3O2S/c28-16-25-24(21-10-7-13-23(14-21)32-17-20-8-3-1-4-9-20)15-26(31)30-18-29(19-33-27(25)30)22-11-5-2-6-12-22/h1-14,24H,15,17-19H2/t24-/m0/s1. The van der Waals surface area contributed by atoms with Crippen molar-refractivity contribution in [2.75, 3.05) is 17.4 Å². The van der Waals surface area contributed by atoms with E-state index >= 15 is 0 Å². The van der Waals surface area contributed by atoms with E-state index in [-0.39, 0.29) is 18.2 Å². The minimum Gasteiger partial charge on any atom is -0.489 e. The summed E-state index contributed by atoms with van der Waals surface area (Å²) in [5.41, 5.74) is 3.75. The number of carbonyl (C=O) groups excluding carboxylic acids is 1. The minimum atomic E-state index is -0.259. The number of anilines is 1. The fourth-order valence-electron chi connectivity index (χ4n) is 4.21. The summed E-state index contributed by atoms with van der Waals surface area (Å²) in [6, 6.07) is 30.2. The summed E-state index contributed by atoms with van der Waals surface area (Å²) in [6.07, 6.45) is 0.276. The zero-order chi connectivity index (χ0) is 22.6. The number of amides is 1. The van der Waals surface area contributed by atoms with Crippen molar-refractivity contribution in [3.8, 4) is 11.8 Å². The van der Waals surface area contributed by atoms with E-state index in [0.29, 0.717) is 24.7 Å². The Morgan fingerprint density at radius 3 is 2.52 bits per heavy atom. The molecule has 5 rings (SSSR count). The monoisotopic (exact) mass is 453 g/mol. The first kappa shape index (κ1) is 21.2. The highest BCUT2D eigenvalue weighted by Crippen LogP contribution is 2.43. The second-order valence-corrected chi connectivity index (χ2v) is 8.98. The summed E-state index contributed by atoms with van der Waals surface area (Å²) in [4.78, 5) is 17.1. The van der Waals surface area contributed by atoms with Gasteiger partial charge in [0.15, 0.2) is 0 Å². The van der Waals surface area contributed by atoms with E-state index in [1.165, 1.54) is 0 Å². The number of hydrogen-bond acceptors (Lipinski definition) is 5. The number of carbonyl (C=O) groups is 1. The van der Waals surface area contributed by atoms with Crippen LogP contribution < -0.4 is 9.64 Å². The van der Waals surface area contributed by atoms with Gasteiger partial charge in [0.2, 0.25) is 5.91 Å². The largest absolute Gasteiger partial charge is 0.489 e. The number of nitrogens with zero attached hydrogens (tertiary/aromatic N) is 3. The molecule has 0 radical (unpaired) electrons. The molecule has 0 aliphatic carbocycles. The lowest BCUT2D eigenvalue weighted by Gasteiger charge is -2.42. The number of benzene rings is 3. The predicted octanol–water partition coefficient (Wildman–Crippen LogP) is 5.49. The van der Waals surface area contributed by atoms with Crippen LogP contribution in [-0.2, 0) is 11.4 Å². The Morgan fingerprint density at radius 1 is 1.00 bits per heavy atom. The molecule has 1 fully saturated rings. The molecular formula is C27H23N3O2S. The van der Waals surface area contributed by atoms with E-state index in [4.69, 9.17) is 4.74 Å². The van der Waals surface area contributed by atoms with Gasteiger partial charge in [-0.3, -0.25) is 9.69 Å². The number of fused-ring (bicyclic) bond motifs is 1. The zero-order valence-corrected chi connectivity index (χ0v) is 18.9. The van der Waals surface area contributed by atoms with Crippen LogP contribution in [0.1, 0.15) is 23.5 Å². The van der Waals surface area contributed by atoms with Crippen molar-refractivity contribution in [1.29, 1.82) is 5.26 Å². The van der Waals surface area contributed by atoms with Gasteiger partial charge in [0, 0.05) is 18.0 Å². The van der Waals surface area contributed by atoms with E-state index in [1.54, 1.807) is 16.7 Å². The lowest BCUT2D eigenvalue weighted by atomic mass is 9.86. The van der Waals surface area contributed by atoms with Gasteiger partial charge in [-0.15, -0.1) is 0 Å². The van der Waals surface area contributed by atoms with Gasteiger partial charge in [0.1, 0.15) is 12.4 Å². The third kappa shape index (κ3) is 4.46. The third-order valence-electron chi connectivity index (χ3n) is 5.92. The molecule has 0 bridgehead atoms. The number of nitriles is 1. The van der Waals surface area contributed by atoms with Crippen LogP contribution in [0.25, 0.3) is 0 Å². The second kappa shape index (κ2) is 9.43. The molecule has 164 valence electrons. The maximum absolute atomic E-state index is 13.2. The first-order chi connectivity index (χ1) is 16.2. The van der Waals surface area contributed by atoms with Crippen LogP contribution in [0.2, 0.25) is 0 Å². The Kier molecular flexibility index (Phi) is 6.05. The summed E-state index contributed by atoms with van der Waals surface area (Å²) in [5, 5.41) is 10.8. The SMILES string of the molecule is N#CC1=C2SCN(c3ccccc3)CN2C(=O)C[C@H]1c1cccc(OCc2ccccc2)c1. The summed E-state index contributed by atoms with van der Waals surface area (Å²) in [7, 11) is 0. The summed E-state index contributed by atoms with van der Waals surface area (Å²) in [6.45, 7) is 0.933. The van der Waals surface area contributed by atoms with Gasteiger partial charge in [0.25, 0.3) is 0 Å². The molecule has 1 atom stereocenters. The number of hydrogen-bond donors (Lipinski definition) is 0. The molecule has 2 heterocycles. The van der Waals surface area contributed by atoms with Crippen molar-refractivity contribution < 1.29 is 9.53 Å². The average Bonchev–Trinajstić information content (AvgIpc) is 2.88. The van der Waals surface area contributed by atoms with Crippen molar-refractivity contribution in [2.45, 2.75) is 18.9 Å². The molecule has 33 heavy (non-hydrogen) atoms. The molecule has 0 saturated carbocycles. The van der Waals surface area contributed by atoms with Crippen LogP contribution >= 0.6 is 11.8 Å². The third-order valence-corrected chi connectivity index (χ3v) is 7.08. The van der Waals surface area contributed by atoms with Crippen LogP contribution in [0.4, 0.5) is 5.69 Å². The first-order valence-electron chi connectivity index (χ1n) is 10.9. The van der Waals surface area contributed by atoms with Gasteiger partial charge in [-0.05, 0) is 35.4 Å². The molecular weight excluding hydrogens is 430 g/mol. The molecule has 0 unspecified atom stereocenters. The molecule has 2 aliphatic rings. The summed E-state index contributed by atoms with van der Waals surface area (Å²) in [5.74, 6) is 1.21. The fourth-order valence-corrected chi connectivity index (χ4v) is 5.38. The van der Waals surface area contributed by atoms with Crippen molar-refractivity contribution in [3.63, 3.8) is 0 Å². The highest BCUT2D eigenvalue weighted by Gasteiger charge is 2.38. The highest BCUT2D eigenvalue weighted by molar-refractivity contribution is 8.03. The van der Waals surface area contributed by atoms with Gasteiger partial charge in [-0.25, -0.2) is 0 Å². The van der Waals surface area contributed by atoms with Gasteiger partial charge in [0.05, 0.1) is 29.2 Å². The van der Waals surface area contributed by atoms with Crippen molar-refractivity contribution in [2.24, 2.45) is 0 Å². The van der Waals surface area contributed by atoms with E-state index < -0.39 is 0 Å². The smallest absolute Gasteiger partial charge is 0.229 e. The molecule has 3 aromatic carbocycles. The zero-order valence-electron chi connectivity index (χ0n) is 18.1. The van der Waals surface area contributed by atoms with Gasteiger partial charge >= 0.3 is 0 Å². The molecule has 1 saturated heterocycles. The number of rotatable bonds is 5. The molecule has 2 aliphatic heterocycles. The fraction of sp³-hybridized carbons (Fsp3) is 0.185. The number of para-hydroxylation sites is 1. The molecule has 3 aromatic rings. The average molecular weight is 454 g/mol. The normalized spacial score (nSPS) is 18.0. The number of thioether (sulfide) groups is 1. The summed E-state index contributed by atoms with van der Waals surface area (Å²) < 4.78 is 5.98. The van der Waals surface area contributed by atoms with Crippen LogP contribution in [0, 0.1) is 11.3 Å². The highest BCUT2D eigenvalue weighted by atomic mass is 32.2. The maximum atomic E-state index is 13.2. The molecule has 0 spiro atoms. The first-order valence-corrected chi connectivity index (χ1v) is 11.9. The molecule has 0 N–H and O–H groups in total. The maximum Gasteiger partial charge on any atom is 0.229 e. The van der Waals surface area contributed by atoms with Crippen LogP contribution in [0.3, 0.4) is 0 Å². The van der Waals surface area contributed by atoms with Crippen molar-refractivity contribution >= 4 is 23.4 Å². The molecule has 1 amide bonds. The number of ether oxygens (including phenoxy) is 1. The molecule has 5 nitrogen and oxygen atoms in total. The van der Waals surface area contributed by atoms with Crippen molar-refractivity contribution in [1.82, 2.24) is 4.90 Å². The lowest BCUT2D eigenvalue weighted by molar-refractivity contribution is -0.129. The van der Waals surface area contributed by atoms with Crippen molar-refractivity contribution in [3.05, 3.63) is 107 Å². The van der Waals surface area contributed by atoms with Crippen LogP contribution in [0.15, 0.2) is 95.5 Å². The van der Waals surface area contributed by atoms with Gasteiger partial charge in [-0.2, -0.15) is 5.26 Å².